The van der Waals surface area contributed by atoms with E-state index in [1.165, 1.54) is 12.8 Å². The van der Waals surface area contributed by atoms with Crippen LogP contribution in [0, 0.1) is 5.92 Å². The zero-order valence-corrected chi connectivity index (χ0v) is 16.6. The lowest BCUT2D eigenvalue weighted by atomic mass is 10.2. The molecule has 0 bridgehead atoms. The predicted molar refractivity (Wildman–Crippen MR) is 111 cm³/mol. The second kappa shape index (κ2) is 9.88. The lowest BCUT2D eigenvalue weighted by molar-refractivity contribution is 0.297. The zero-order chi connectivity index (χ0) is 19.8. The van der Waals surface area contributed by atoms with Crippen molar-refractivity contribution < 1.29 is 14.6 Å². The van der Waals surface area contributed by atoms with Crippen LogP contribution in [0.3, 0.4) is 0 Å². The summed E-state index contributed by atoms with van der Waals surface area (Å²) in [7, 11) is 1.54. The normalized spacial score (nSPS) is 13.9. The molecule has 0 saturated heterocycles. The zero-order valence-electron chi connectivity index (χ0n) is 16.6. The summed E-state index contributed by atoms with van der Waals surface area (Å²) in [6.07, 6.45) is 2.54. The van der Waals surface area contributed by atoms with Crippen molar-refractivity contribution in [3.8, 4) is 17.2 Å². The lowest BCUT2D eigenvalue weighted by Gasteiger charge is -2.14. The van der Waals surface area contributed by atoms with Crippen molar-refractivity contribution in [3.05, 3.63) is 53.6 Å². The predicted octanol–water partition coefficient (Wildman–Crippen LogP) is 3.44. The number of guanidine groups is 1. The Kier molecular flexibility index (Phi) is 7.00. The first-order valence-electron chi connectivity index (χ1n) is 9.79. The van der Waals surface area contributed by atoms with Crippen LogP contribution in [0.1, 0.15) is 30.9 Å². The Hall–Kier alpha value is -2.89. The smallest absolute Gasteiger partial charge is 0.191 e. The second-order valence-corrected chi connectivity index (χ2v) is 6.88. The first kappa shape index (κ1) is 19.9. The molecule has 0 heterocycles. The highest BCUT2D eigenvalue weighted by Crippen LogP contribution is 2.31. The van der Waals surface area contributed by atoms with Gasteiger partial charge >= 0.3 is 0 Å². The Morgan fingerprint density at radius 1 is 1.07 bits per heavy atom. The Morgan fingerprint density at radius 3 is 2.57 bits per heavy atom. The van der Waals surface area contributed by atoms with E-state index in [1.807, 2.05) is 43.3 Å². The molecule has 0 atom stereocenters. The lowest BCUT2D eigenvalue weighted by Crippen LogP contribution is -2.36. The van der Waals surface area contributed by atoms with Crippen molar-refractivity contribution in [1.29, 1.82) is 0 Å². The van der Waals surface area contributed by atoms with E-state index < -0.39 is 0 Å². The third-order valence-corrected chi connectivity index (χ3v) is 4.64. The van der Waals surface area contributed by atoms with E-state index in [0.717, 1.165) is 30.0 Å². The number of benzene rings is 2. The number of methoxy groups -OCH3 is 1. The highest BCUT2D eigenvalue weighted by atomic mass is 16.5. The molecule has 0 aliphatic heterocycles. The molecule has 1 aliphatic rings. The number of para-hydroxylation sites is 2. The van der Waals surface area contributed by atoms with Crippen molar-refractivity contribution in [2.24, 2.45) is 10.9 Å². The SMILES string of the molecule is CCNC(=NCc1ccccc1OCC1CC1)NCc1cccc(OC)c1O. The molecule has 3 N–H and O–H groups in total. The average Bonchev–Trinajstić information content (AvgIpc) is 3.54. The molecule has 0 radical (unpaired) electrons. The fraction of sp³-hybridized carbons (Fsp3) is 0.409. The summed E-state index contributed by atoms with van der Waals surface area (Å²) in [5.74, 6) is 2.90. The summed E-state index contributed by atoms with van der Waals surface area (Å²) < 4.78 is 11.1. The fourth-order valence-electron chi connectivity index (χ4n) is 2.83. The molecule has 0 aromatic heterocycles. The van der Waals surface area contributed by atoms with Crippen LogP contribution in [0.2, 0.25) is 0 Å². The van der Waals surface area contributed by atoms with Crippen molar-refractivity contribution >= 4 is 5.96 Å². The monoisotopic (exact) mass is 383 g/mol. The molecule has 2 aromatic rings. The van der Waals surface area contributed by atoms with Crippen LogP contribution in [0.5, 0.6) is 17.2 Å². The van der Waals surface area contributed by atoms with Gasteiger partial charge in [-0.2, -0.15) is 0 Å². The summed E-state index contributed by atoms with van der Waals surface area (Å²) in [6.45, 7) is 4.51. The molecule has 1 saturated carbocycles. The van der Waals surface area contributed by atoms with Gasteiger partial charge in [0.15, 0.2) is 17.5 Å². The maximum atomic E-state index is 10.2. The highest BCUT2D eigenvalue weighted by Gasteiger charge is 2.22. The molecule has 0 unspecified atom stereocenters. The summed E-state index contributed by atoms with van der Waals surface area (Å²) in [5.41, 5.74) is 1.81. The molecule has 0 spiro atoms. The first-order valence-corrected chi connectivity index (χ1v) is 9.79. The van der Waals surface area contributed by atoms with Gasteiger partial charge in [-0.15, -0.1) is 0 Å². The third kappa shape index (κ3) is 5.55. The van der Waals surface area contributed by atoms with E-state index in [0.29, 0.717) is 30.7 Å². The van der Waals surface area contributed by atoms with Crippen molar-refractivity contribution in [1.82, 2.24) is 10.6 Å². The summed E-state index contributed by atoms with van der Waals surface area (Å²) in [6, 6.07) is 13.5. The maximum Gasteiger partial charge on any atom is 0.191 e. The van der Waals surface area contributed by atoms with E-state index in [-0.39, 0.29) is 5.75 Å². The molecule has 6 nitrogen and oxygen atoms in total. The molecule has 150 valence electrons. The fourth-order valence-corrected chi connectivity index (χ4v) is 2.83. The summed E-state index contributed by atoms with van der Waals surface area (Å²) >= 11 is 0. The van der Waals surface area contributed by atoms with Crippen molar-refractivity contribution in [3.63, 3.8) is 0 Å². The minimum atomic E-state index is 0.146. The number of nitrogens with one attached hydrogen (secondary N) is 2. The van der Waals surface area contributed by atoms with E-state index in [9.17, 15) is 5.11 Å². The largest absolute Gasteiger partial charge is 0.504 e. The van der Waals surface area contributed by atoms with E-state index >= 15 is 0 Å². The number of phenols is 1. The Bertz CT molecular complexity index is 803. The van der Waals surface area contributed by atoms with Crippen molar-refractivity contribution in [2.45, 2.75) is 32.9 Å². The van der Waals surface area contributed by atoms with Gasteiger partial charge < -0.3 is 25.2 Å². The molecular weight excluding hydrogens is 354 g/mol. The van der Waals surface area contributed by atoms with E-state index in [4.69, 9.17) is 9.47 Å². The Morgan fingerprint density at radius 2 is 1.82 bits per heavy atom. The number of rotatable bonds is 9. The second-order valence-electron chi connectivity index (χ2n) is 6.88. The number of aromatic hydroxyl groups is 1. The Balaban J connectivity index is 1.64. The molecule has 3 rings (SSSR count). The van der Waals surface area contributed by atoms with E-state index in [2.05, 4.69) is 15.6 Å². The van der Waals surface area contributed by atoms with Crippen molar-refractivity contribution in [2.75, 3.05) is 20.3 Å². The van der Waals surface area contributed by atoms with Crippen LogP contribution in [0.25, 0.3) is 0 Å². The summed E-state index contributed by atoms with van der Waals surface area (Å²) in [4.78, 5) is 4.68. The van der Waals surface area contributed by atoms with E-state index in [1.54, 1.807) is 13.2 Å². The molecule has 6 heteroatoms. The molecule has 1 fully saturated rings. The first-order chi connectivity index (χ1) is 13.7. The number of hydrogen-bond acceptors (Lipinski definition) is 4. The quantitative estimate of drug-likeness (QED) is 0.457. The van der Waals surface area contributed by atoms with Crippen LogP contribution < -0.4 is 20.1 Å². The maximum absolute atomic E-state index is 10.2. The van der Waals surface area contributed by atoms with Gasteiger partial charge in [0.1, 0.15) is 5.75 Å². The topological polar surface area (TPSA) is 75.1 Å². The molecule has 1 aliphatic carbocycles. The van der Waals surface area contributed by atoms with Crippen LogP contribution in [0.15, 0.2) is 47.5 Å². The average molecular weight is 383 g/mol. The van der Waals surface area contributed by atoms with Gasteiger partial charge in [0.2, 0.25) is 0 Å². The van der Waals surface area contributed by atoms with Gasteiger partial charge in [0.05, 0.1) is 20.3 Å². The van der Waals surface area contributed by atoms with Gasteiger partial charge in [-0.05, 0) is 37.8 Å². The number of phenolic OH excluding ortho intramolecular Hbond substituents is 1. The van der Waals surface area contributed by atoms with Crippen LogP contribution in [-0.2, 0) is 13.1 Å². The highest BCUT2D eigenvalue weighted by molar-refractivity contribution is 5.79. The Labute approximate surface area is 166 Å². The molecular formula is C22H29N3O3. The van der Waals surface area contributed by atoms with Gasteiger partial charge in [-0.25, -0.2) is 4.99 Å². The van der Waals surface area contributed by atoms with Gasteiger partial charge in [0.25, 0.3) is 0 Å². The number of aliphatic imine (C=N–C) groups is 1. The third-order valence-electron chi connectivity index (χ3n) is 4.64. The van der Waals surface area contributed by atoms with Crippen LogP contribution in [-0.4, -0.2) is 31.3 Å². The van der Waals surface area contributed by atoms with Crippen LogP contribution >= 0.6 is 0 Å². The van der Waals surface area contributed by atoms with Gasteiger partial charge in [-0.1, -0.05) is 30.3 Å². The summed E-state index contributed by atoms with van der Waals surface area (Å²) in [5, 5.41) is 16.7. The standard InChI is InChI=1S/C22H29N3O3/c1-3-23-22(25-14-18-8-6-10-20(27-2)21(18)26)24-13-17-7-4-5-9-19(17)28-15-16-11-12-16/h4-10,16,26H,3,11-15H2,1-2H3,(H2,23,24,25). The number of ether oxygens (including phenoxy) is 2. The van der Waals surface area contributed by atoms with Gasteiger partial charge in [-0.3, -0.25) is 0 Å². The number of hydrogen-bond donors (Lipinski definition) is 3. The van der Waals surface area contributed by atoms with Crippen LogP contribution in [0.4, 0.5) is 0 Å². The molecule has 0 amide bonds. The van der Waals surface area contributed by atoms with Gasteiger partial charge in [0, 0.05) is 24.2 Å². The molecule has 28 heavy (non-hydrogen) atoms. The minimum absolute atomic E-state index is 0.146. The minimum Gasteiger partial charge on any atom is -0.504 e. The number of nitrogens with zero attached hydrogens (tertiary/aromatic N) is 1. The molecule has 2 aromatic carbocycles.